The van der Waals surface area contributed by atoms with Crippen LogP contribution in [-0.2, 0) is 11.2 Å². The van der Waals surface area contributed by atoms with Crippen molar-refractivity contribution in [2.45, 2.75) is 25.0 Å². The van der Waals surface area contributed by atoms with Crippen molar-refractivity contribution in [2.75, 3.05) is 12.5 Å². The number of carboxylic acid groups (broad SMARTS) is 1. The van der Waals surface area contributed by atoms with Crippen LogP contribution in [0.3, 0.4) is 0 Å². The molecular formula is C13H15NaO4S. The topological polar surface area (TPSA) is 58.6 Å². The molecule has 4 nitrogen and oxygen atoms in total. The van der Waals surface area contributed by atoms with Gasteiger partial charge in [0.2, 0.25) is 6.79 Å². The number of hydrogen-bond donors (Lipinski definition) is 0. The monoisotopic (exact) mass is 290 g/mol. The van der Waals surface area contributed by atoms with Gasteiger partial charge < -0.3 is 19.4 Å². The third-order valence-corrected chi connectivity index (χ3v) is 4.08. The molecule has 1 heterocycles. The second kappa shape index (κ2) is 6.88. The number of carbonyl (C=O) groups is 1. The first kappa shape index (κ1) is 16.7. The number of carbonyl (C=O) groups excluding carboxylic acids is 1. The van der Waals surface area contributed by atoms with Crippen molar-refractivity contribution in [1.82, 2.24) is 0 Å². The van der Waals surface area contributed by atoms with Gasteiger partial charge in [0.15, 0.2) is 11.5 Å². The van der Waals surface area contributed by atoms with Crippen molar-refractivity contribution < 1.29 is 48.9 Å². The molecule has 0 bridgehead atoms. The number of ether oxygens (including phenoxy) is 2. The summed E-state index contributed by atoms with van der Waals surface area (Å²) in [5, 5.41) is 10.8. The number of carboxylic acids is 1. The smallest absolute Gasteiger partial charge is 0.549 e. The van der Waals surface area contributed by atoms with Gasteiger partial charge in [0.25, 0.3) is 0 Å². The molecule has 0 unspecified atom stereocenters. The van der Waals surface area contributed by atoms with Gasteiger partial charge in [-0.3, -0.25) is 0 Å². The first-order valence-electron chi connectivity index (χ1n) is 5.73. The van der Waals surface area contributed by atoms with Crippen LogP contribution < -0.4 is 44.1 Å². The van der Waals surface area contributed by atoms with Crippen molar-refractivity contribution >= 4 is 17.7 Å². The average molecular weight is 290 g/mol. The van der Waals surface area contributed by atoms with Gasteiger partial charge in [-0.15, -0.1) is 11.8 Å². The van der Waals surface area contributed by atoms with Crippen LogP contribution in [0.2, 0.25) is 0 Å². The SMILES string of the molecule is CC(C)(SCCc1ccc2c(c1)OCO2)C(=O)[O-].[Na+]. The molecule has 0 radical (unpaired) electrons. The maximum atomic E-state index is 10.8. The molecule has 1 aromatic rings. The molecule has 0 aliphatic carbocycles. The largest absolute Gasteiger partial charge is 1.00 e. The van der Waals surface area contributed by atoms with E-state index in [1.165, 1.54) is 11.8 Å². The van der Waals surface area contributed by atoms with E-state index in [0.29, 0.717) is 0 Å². The van der Waals surface area contributed by atoms with Crippen LogP contribution in [0.5, 0.6) is 11.5 Å². The van der Waals surface area contributed by atoms with Crippen LogP contribution in [0, 0.1) is 0 Å². The minimum atomic E-state index is -1.03. The number of rotatable bonds is 5. The van der Waals surface area contributed by atoms with E-state index in [1.54, 1.807) is 13.8 Å². The molecule has 98 valence electrons. The van der Waals surface area contributed by atoms with E-state index in [-0.39, 0.29) is 36.4 Å². The molecule has 2 rings (SSSR count). The molecule has 1 aliphatic heterocycles. The fraction of sp³-hybridized carbons (Fsp3) is 0.462. The van der Waals surface area contributed by atoms with Crippen LogP contribution in [0.1, 0.15) is 19.4 Å². The van der Waals surface area contributed by atoms with Crippen molar-refractivity contribution in [2.24, 2.45) is 0 Å². The van der Waals surface area contributed by atoms with Gasteiger partial charge in [-0.05, 0) is 43.7 Å². The van der Waals surface area contributed by atoms with Gasteiger partial charge in [-0.2, -0.15) is 0 Å². The fourth-order valence-electron chi connectivity index (χ4n) is 1.58. The molecule has 0 spiro atoms. The minimum Gasteiger partial charge on any atom is -0.549 e. The summed E-state index contributed by atoms with van der Waals surface area (Å²) in [6.07, 6.45) is 0.790. The van der Waals surface area contributed by atoms with Crippen LogP contribution in [0.25, 0.3) is 0 Å². The molecule has 0 atom stereocenters. The van der Waals surface area contributed by atoms with Crippen LogP contribution in [-0.4, -0.2) is 23.3 Å². The Labute approximate surface area is 139 Å². The summed E-state index contributed by atoms with van der Waals surface area (Å²) >= 11 is 1.38. The second-order valence-corrected chi connectivity index (χ2v) is 6.30. The van der Waals surface area contributed by atoms with Crippen molar-refractivity contribution in [3.8, 4) is 11.5 Å². The molecule has 0 N–H and O–H groups in total. The Bertz CT molecular complexity index is 462. The first-order chi connectivity index (χ1) is 8.49. The van der Waals surface area contributed by atoms with E-state index >= 15 is 0 Å². The zero-order valence-corrected chi connectivity index (χ0v) is 14.2. The summed E-state index contributed by atoms with van der Waals surface area (Å²) in [7, 11) is 0. The Morgan fingerprint density at radius 2 is 2.05 bits per heavy atom. The fourth-order valence-corrected chi connectivity index (χ4v) is 2.55. The molecule has 1 aromatic carbocycles. The molecule has 0 aromatic heterocycles. The van der Waals surface area contributed by atoms with E-state index in [9.17, 15) is 9.90 Å². The van der Waals surface area contributed by atoms with E-state index in [4.69, 9.17) is 9.47 Å². The molecule has 6 heteroatoms. The quantitative estimate of drug-likeness (QED) is 0.600. The Balaban J connectivity index is 0.00000180. The summed E-state index contributed by atoms with van der Waals surface area (Å²) in [4.78, 5) is 10.8. The van der Waals surface area contributed by atoms with E-state index in [1.807, 2.05) is 18.2 Å². The molecule has 0 fully saturated rings. The third kappa shape index (κ3) is 4.31. The number of fused-ring (bicyclic) bond motifs is 1. The van der Waals surface area contributed by atoms with Crippen LogP contribution in [0.15, 0.2) is 18.2 Å². The van der Waals surface area contributed by atoms with Gasteiger partial charge in [0.05, 0.1) is 5.97 Å². The molecule has 0 saturated heterocycles. The van der Waals surface area contributed by atoms with Gasteiger partial charge >= 0.3 is 29.6 Å². The van der Waals surface area contributed by atoms with Crippen molar-refractivity contribution in [3.05, 3.63) is 23.8 Å². The molecule has 19 heavy (non-hydrogen) atoms. The molecule has 1 aliphatic rings. The van der Waals surface area contributed by atoms with Gasteiger partial charge in [0.1, 0.15) is 0 Å². The maximum absolute atomic E-state index is 10.8. The predicted molar refractivity (Wildman–Crippen MR) is 67.8 cm³/mol. The van der Waals surface area contributed by atoms with Crippen molar-refractivity contribution in [1.29, 1.82) is 0 Å². The van der Waals surface area contributed by atoms with Crippen molar-refractivity contribution in [3.63, 3.8) is 0 Å². The Hall–Kier alpha value is -0.360. The van der Waals surface area contributed by atoms with E-state index in [0.717, 1.165) is 29.2 Å². The van der Waals surface area contributed by atoms with E-state index < -0.39 is 10.7 Å². The number of aryl methyl sites for hydroxylation is 1. The third-order valence-electron chi connectivity index (χ3n) is 2.78. The maximum Gasteiger partial charge on any atom is 1.00 e. The first-order valence-corrected chi connectivity index (χ1v) is 6.71. The normalized spacial score (nSPS) is 12.9. The minimum absolute atomic E-state index is 0. The zero-order chi connectivity index (χ0) is 13.2. The second-order valence-electron chi connectivity index (χ2n) is 4.58. The van der Waals surface area contributed by atoms with E-state index in [2.05, 4.69) is 0 Å². The molecule has 0 amide bonds. The molecular weight excluding hydrogens is 275 g/mol. The standard InChI is InChI=1S/C13H16O4S.Na/c1-13(2,12(14)15)18-6-5-9-3-4-10-11(7-9)17-8-16-10;/h3-4,7H,5-6,8H2,1-2H3,(H,14,15);/q;+1/p-1. The number of benzene rings is 1. The Kier molecular flexibility index (Phi) is 6.05. The van der Waals surface area contributed by atoms with Gasteiger partial charge in [0, 0.05) is 4.75 Å². The molecule has 0 saturated carbocycles. The average Bonchev–Trinajstić information content (AvgIpc) is 2.75. The zero-order valence-electron chi connectivity index (χ0n) is 11.4. The summed E-state index contributed by atoms with van der Waals surface area (Å²) in [5.74, 6) is 1.22. The van der Waals surface area contributed by atoms with Gasteiger partial charge in [-0.25, -0.2) is 0 Å². The summed E-state index contributed by atoms with van der Waals surface area (Å²) in [6.45, 7) is 3.59. The number of hydrogen-bond acceptors (Lipinski definition) is 5. The Morgan fingerprint density at radius 1 is 1.37 bits per heavy atom. The van der Waals surface area contributed by atoms with Crippen LogP contribution in [0.4, 0.5) is 0 Å². The van der Waals surface area contributed by atoms with Gasteiger partial charge in [-0.1, -0.05) is 6.07 Å². The van der Waals surface area contributed by atoms with Crippen LogP contribution >= 0.6 is 11.8 Å². The summed E-state index contributed by atoms with van der Waals surface area (Å²) in [5.41, 5.74) is 1.11. The summed E-state index contributed by atoms with van der Waals surface area (Å²) in [6, 6.07) is 5.79. The predicted octanol–water partition coefficient (Wildman–Crippen LogP) is -1.78. The Morgan fingerprint density at radius 3 is 2.74 bits per heavy atom. The summed E-state index contributed by atoms with van der Waals surface area (Å²) < 4.78 is 9.67. The number of aliphatic carboxylic acids is 1. The number of thioether (sulfide) groups is 1.